The molecule has 0 saturated carbocycles. The Kier molecular flexibility index (Phi) is 6.67. The number of nitrogens with one attached hydrogen (secondary N) is 1. The lowest BCUT2D eigenvalue weighted by atomic mass is 10.2. The number of halogens is 1. The fourth-order valence-electron chi connectivity index (χ4n) is 0.747. The van der Waals surface area contributed by atoms with E-state index in [0.29, 0.717) is 5.88 Å². The summed E-state index contributed by atoms with van der Waals surface area (Å²) in [5, 5.41) is 2.89. The highest BCUT2D eigenvalue weighted by Gasteiger charge is 2.13. The molecule has 0 spiro atoms. The first-order chi connectivity index (χ1) is 5.61. The van der Waals surface area contributed by atoms with Crippen LogP contribution in [0.25, 0.3) is 0 Å². The third kappa shape index (κ3) is 4.88. The zero-order chi connectivity index (χ0) is 9.56. The van der Waals surface area contributed by atoms with E-state index in [-0.39, 0.29) is 17.9 Å². The predicted octanol–water partition coefficient (Wildman–Crippen LogP) is 1.73. The minimum Gasteiger partial charge on any atom is -0.353 e. The number of hydrogen-bond donors (Lipinski definition) is 1. The summed E-state index contributed by atoms with van der Waals surface area (Å²) in [7, 11) is 0. The van der Waals surface area contributed by atoms with Crippen LogP contribution < -0.4 is 5.32 Å². The molecule has 0 aromatic carbocycles. The van der Waals surface area contributed by atoms with Crippen molar-refractivity contribution >= 4 is 29.3 Å². The SMILES string of the molecule is CSCC(C)NC(=O)C(C)CCl. The minimum absolute atomic E-state index is 0.0477. The molecule has 0 rings (SSSR count). The maximum Gasteiger partial charge on any atom is 0.224 e. The molecular formula is C8H16ClNOS. The Balaban J connectivity index is 3.67. The number of carbonyl (C=O) groups is 1. The standard InChI is InChI=1S/C8H16ClNOS/c1-6(4-9)8(11)10-7(2)5-12-3/h6-7H,4-5H2,1-3H3,(H,10,11). The Hall–Kier alpha value is 0.110. The summed E-state index contributed by atoms with van der Waals surface area (Å²) in [6.45, 7) is 3.82. The summed E-state index contributed by atoms with van der Waals surface area (Å²) in [4.78, 5) is 11.3. The van der Waals surface area contributed by atoms with Gasteiger partial charge in [-0.05, 0) is 13.2 Å². The quantitative estimate of drug-likeness (QED) is 0.699. The molecule has 1 N–H and O–H groups in total. The normalized spacial score (nSPS) is 15.3. The summed E-state index contributed by atoms with van der Waals surface area (Å²) >= 11 is 7.26. The van der Waals surface area contributed by atoms with Crippen LogP contribution in [-0.2, 0) is 4.79 Å². The first-order valence-electron chi connectivity index (χ1n) is 3.97. The van der Waals surface area contributed by atoms with Gasteiger partial charge < -0.3 is 5.32 Å². The van der Waals surface area contributed by atoms with Crippen LogP contribution in [0.15, 0.2) is 0 Å². The van der Waals surface area contributed by atoms with Gasteiger partial charge in [0.15, 0.2) is 0 Å². The van der Waals surface area contributed by atoms with Crippen LogP contribution in [0.1, 0.15) is 13.8 Å². The molecule has 0 aliphatic heterocycles. The minimum atomic E-state index is -0.0871. The highest BCUT2D eigenvalue weighted by molar-refractivity contribution is 7.98. The summed E-state index contributed by atoms with van der Waals surface area (Å²) < 4.78 is 0. The van der Waals surface area contributed by atoms with Crippen molar-refractivity contribution in [2.75, 3.05) is 17.9 Å². The van der Waals surface area contributed by atoms with E-state index in [1.807, 2.05) is 20.1 Å². The van der Waals surface area contributed by atoms with Gasteiger partial charge in [-0.25, -0.2) is 0 Å². The summed E-state index contributed by atoms with van der Waals surface area (Å²) in [5.41, 5.74) is 0. The van der Waals surface area contributed by atoms with Crippen molar-refractivity contribution in [1.82, 2.24) is 5.32 Å². The zero-order valence-corrected chi connectivity index (χ0v) is 9.34. The van der Waals surface area contributed by atoms with Crippen LogP contribution in [0, 0.1) is 5.92 Å². The lowest BCUT2D eigenvalue weighted by Crippen LogP contribution is -2.38. The fourth-order valence-corrected chi connectivity index (χ4v) is 1.47. The Morgan fingerprint density at radius 1 is 1.58 bits per heavy atom. The molecule has 0 aromatic rings. The van der Waals surface area contributed by atoms with Gasteiger partial charge >= 0.3 is 0 Å². The molecule has 0 bridgehead atoms. The maximum absolute atomic E-state index is 11.3. The molecule has 4 heteroatoms. The van der Waals surface area contributed by atoms with E-state index in [2.05, 4.69) is 5.32 Å². The molecule has 2 atom stereocenters. The molecule has 72 valence electrons. The largest absolute Gasteiger partial charge is 0.353 e. The van der Waals surface area contributed by atoms with Gasteiger partial charge in [0, 0.05) is 23.6 Å². The van der Waals surface area contributed by atoms with Crippen LogP contribution in [-0.4, -0.2) is 29.8 Å². The van der Waals surface area contributed by atoms with Crippen LogP contribution in [0.2, 0.25) is 0 Å². The highest BCUT2D eigenvalue weighted by Crippen LogP contribution is 2.01. The van der Waals surface area contributed by atoms with Crippen LogP contribution in [0.5, 0.6) is 0 Å². The molecule has 0 aromatic heterocycles. The molecule has 1 amide bonds. The maximum atomic E-state index is 11.3. The number of carbonyl (C=O) groups excluding carboxylic acids is 1. The van der Waals surface area contributed by atoms with Crippen molar-refractivity contribution in [3.63, 3.8) is 0 Å². The van der Waals surface area contributed by atoms with Gasteiger partial charge in [0.05, 0.1) is 0 Å². The van der Waals surface area contributed by atoms with E-state index >= 15 is 0 Å². The lowest BCUT2D eigenvalue weighted by molar-refractivity contribution is -0.124. The van der Waals surface area contributed by atoms with Crippen molar-refractivity contribution in [3.8, 4) is 0 Å². The second-order valence-electron chi connectivity index (χ2n) is 2.92. The molecule has 0 heterocycles. The van der Waals surface area contributed by atoms with E-state index in [4.69, 9.17) is 11.6 Å². The smallest absolute Gasteiger partial charge is 0.224 e. The predicted molar refractivity (Wildman–Crippen MR) is 55.9 cm³/mol. The third-order valence-corrected chi connectivity index (χ3v) is 2.78. The molecule has 0 saturated heterocycles. The van der Waals surface area contributed by atoms with Crippen molar-refractivity contribution in [2.45, 2.75) is 19.9 Å². The first kappa shape index (κ1) is 12.1. The van der Waals surface area contributed by atoms with Crippen LogP contribution >= 0.6 is 23.4 Å². The van der Waals surface area contributed by atoms with Gasteiger partial charge in [-0.3, -0.25) is 4.79 Å². The molecule has 0 aliphatic rings. The Bertz CT molecular complexity index is 143. The molecule has 0 aliphatic carbocycles. The monoisotopic (exact) mass is 209 g/mol. The van der Waals surface area contributed by atoms with Gasteiger partial charge in [0.1, 0.15) is 0 Å². The molecule has 12 heavy (non-hydrogen) atoms. The van der Waals surface area contributed by atoms with Crippen molar-refractivity contribution in [2.24, 2.45) is 5.92 Å². The molecular weight excluding hydrogens is 194 g/mol. The number of hydrogen-bond acceptors (Lipinski definition) is 2. The third-order valence-electron chi connectivity index (χ3n) is 1.48. The lowest BCUT2D eigenvalue weighted by Gasteiger charge is -2.14. The number of alkyl halides is 1. The molecule has 0 radical (unpaired) electrons. The zero-order valence-electron chi connectivity index (χ0n) is 7.76. The van der Waals surface area contributed by atoms with E-state index in [9.17, 15) is 4.79 Å². The summed E-state index contributed by atoms with van der Waals surface area (Å²) in [6, 6.07) is 0.234. The van der Waals surface area contributed by atoms with Crippen molar-refractivity contribution in [3.05, 3.63) is 0 Å². The van der Waals surface area contributed by atoms with E-state index in [0.717, 1.165) is 5.75 Å². The number of thioether (sulfide) groups is 1. The van der Waals surface area contributed by atoms with Crippen molar-refractivity contribution < 1.29 is 4.79 Å². The van der Waals surface area contributed by atoms with E-state index in [1.165, 1.54) is 0 Å². The number of rotatable bonds is 5. The van der Waals surface area contributed by atoms with Gasteiger partial charge in [-0.15, -0.1) is 11.6 Å². The van der Waals surface area contributed by atoms with E-state index < -0.39 is 0 Å². The average Bonchev–Trinajstić information content (AvgIpc) is 2.03. The van der Waals surface area contributed by atoms with Gasteiger partial charge in [0.2, 0.25) is 5.91 Å². The molecule has 0 fully saturated rings. The first-order valence-corrected chi connectivity index (χ1v) is 5.90. The van der Waals surface area contributed by atoms with Crippen LogP contribution in [0.3, 0.4) is 0 Å². The van der Waals surface area contributed by atoms with Crippen molar-refractivity contribution in [1.29, 1.82) is 0 Å². The second kappa shape index (κ2) is 6.61. The van der Waals surface area contributed by atoms with Gasteiger partial charge in [-0.2, -0.15) is 11.8 Å². The van der Waals surface area contributed by atoms with Gasteiger partial charge in [0.25, 0.3) is 0 Å². The Labute approximate surface area is 83.4 Å². The van der Waals surface area contributed by atoms with E-state index in [1.54, 1.807) is 11.8 Å². The Morgan fingerprint density at radius 3 is 2.58 bits per heavy atom. The summed E-state index contributed by atoms with van der Waals surface area (Å²) in [5.74, 6) is 1.29. The second-order valence-corrected chi connectivity index (χ2v) is 4.14. The summed E-state index contributed by atoms with van der Waals surface area (Å²) in [6.07, 6.45) is 2.02. The average molecular weight is 210 g/mol. The molecule has 2 unspecified atom stereocenters. The fraction of sp³-hybridized carbons (Fsp3) is 0.875. The highest BCUT2D eigenvalue weighted by atomic mass is 35.5. The molecule has 2 nitrogen and oxygen atoms in total. The van der Waals surface area contributed by atoms with Crippen LogP contribution in [0.4, 0.5) is 0 Å². The topological polar surface area (TPSA) is 29.1 Å². The van der Waals surface area contributed by atoms with Gasteiger partial charge in [-0.1, -0.05) is 6.92 Å². The Morgan fingerprint density at radius 2 is 2.17 bits per heavy atom. The number of amides is 1.